The molecule has 39 heavy (non-hydrogen) atoms. The van der Waals surface area contributed by atoms with Crippen LogP contribution in [0.3, 0.4) is 0 Å². The van der Waals surface area contributed by atoms with Crippen LogP contribution < -0.4 is 9.47 Å². The summed E-state index contributed by atoms with van der Waals surface area (Å²) in [7, 11) is 1.53. The first-order valence-electron chi connectivity index (χ1n) is 12.1. The minimum absolute atomic E-state index is 0.0644. The van der Waals surface area contributed by atoms with E-state index in [1.165, 1.54) is 23.3 Å². The van der Waals surface area contributed by atoms with Crippen molar-refractivity contribution in [3.63, 3.8) is 0 Å². The Morgan fingerprint density at radius 2 is 1.95 bits per heavy atom. The number of methoxy groups -OCH3 is 1. The van der Waals surface area contributed by atoms with E-state index in [1.54, 1.807) is 47.2 Å². The van der Waals surface area contributed by atoms with Crippen molar-refractivity contribution >= 4 is 34.4 Å². The summed E-state index contributed by atoms with van der Waals surface area (Å²) < 4.78 is 53.5. The van der Waals surface area contributed by atoms with Gasteiger partial charge >= 0.3 is 6.18 Å². The average molecular weight is 561 g/mol. The molecule has 0 atom stereocenters. The fourth-order valence-electron chi connectivity index (χ4n) is 4.10. The number of hydrogen-bond donors (Lipinski definition) is 0. The van der Waals surface area contributed by atoms with Gasteiger partial charge in [0, 0.05) is 30.2 Å². The van der Waals surface area contributed by atoms with Crippen molar-refractivity contribution in [1.82, 2.24) is 29.0 Å². The van der Waals surface area contributed by atoms with Crippen molar-refractivity contribution in [3.8, 4) is 11.5 Å². The maximum atomic E-state index is 13.6. The molecule has 1 aliphatic rings. The Bertz CT molecular complexity index is 1540. The molecule has 1 aromatic carbocycles. The topological polar surface area (TPSA) is 86.8 Å². The van der Waals surface area contributed by atoms with Gasteiger partial charge in [-0.1, -0.05) is 32.6 Å². The summed E-state index contributed by atoms with van der Waals surface area (Å²) in [5.74, 6) is 0.102. The van der Waals surface area contributed by atoms with Crippen molar-refractivity contribution in [3.05, 3.63) is 70.7 Å². The second-order valence-electron chi connectivity index (χ2n) is 8.23. The second kappa shape index (κ2) is 11.3. The van der Waals surface area contributed by atoms with E-state index in [2.05, 4.69) is 21.8 Å². The van der Waals surface area contributed by atoms with Gasteiger partial charge in [-0.3, -0.25) is 9.20 Å². The number of nitrogens with zero attached hydrogens (tertiary/aromatic N) is 6. The Morgan fingerprint density at radius 3 is 2.64 bits per heavy atom. The van der Waals surface area contributed by atoms with Crippen molar-refractivity contribution in [2.45, 2.75) is 40.0 Å². The Hall–Kier alpha value is -4.13. The highest BCUT2D eigenvalue weighted by Gasteiger charge is 2.40. The number of amides is 1. The fourth-order valence-corrected chi connectivity index (χ4v) is 4.82. The molecule has 3 aromatic heterocycles. The van der Waals surface area contributed by atoms with Crippen LogP contribution in [0.15, 0.2) is 42.1 Å². The number of rotatable bonds is 6. The van der Waals surface area contributed by atoms with Crippen LogP contribution in [0.1, 0.15) is 54.2 Å². The number of fused-ring (bicyclic) bond motifs is 2. The molecule has 0 radical (unpaired) electrons. The SMILES string of the molecule is C=C(C)Oc1c(/C=C/c2nc3sccn3c2C(=O)N2CCn3c(nnc3C(F)(F)F)C2)cccc1OC.CC. The molecule has 13 heteroatoms. The number of aromatic nitrogens is 5. The smallest absolute Gasteiger partial charge is 0.451 e. The third-order valence-electron chi connectivity index (χ3n) is 5.71. The number of halogens is 3. The van der Waals surface area contributed by atoms with Crippen LogP contribution in [-0.4, -0.2) is 48.6 Å². The molecule has 0 aliphatic carbocycles. The Labute approximate surface area is 226 Å². The monoisotopic (exact) mass is 560 g/mol. The average Bonchev–Trinajstić information content (AvgIpc) is 3.62. The lowest BCUT2D eigenvalue weighted by Gasteiger charge is -2.28. The summed E-state index contributed by atoms with van der Waals surface area (Å²) in [6.45, 7) is 9.41. The summed E-state index contributed by atoms with van der Waals surface area (Å²) in [6, 6.07) is 5.39. The molecule has 0 fully saturated rings. The summed E-state index contributed by atoms with van der Waals surface area (Å²) in [6.07, 6.45) is 0.567. The van der Waals surface area contributed by atoms with Gasteiger partial charge in [0.25, 0.3) is 5.91 Å². The number of imidazole rings is 1. The highest BCUT2D eigenvalue weighted by Crippen LogP contribution is 2.34. The number of allylic oxidation sites excluding steroid dienone is 1. The number of benzene rings is 1. The Balaban J connectivity index is 0.00000172. The predicted molar refractivity (Wildman–Crippen MR) is 142 cm³/mol. The van der Waals surface area contributed by atoms with Gasteiger partial charge in [-0.25, -0.2) is 4.98 Å². The molecular weight excluding hydrogens is 533 g/mol. The first-order chi connectivity index (χ1) is 18.7. The maximum Gasteiger partial charge on any atom is 0.451 e. The van der Waals surface area contributed by atoms with E-state index < -0.39 is 12.0 Å². The van der Waals surface area contributed by atoms with E-state index in [9.17, 15) is 18.0 Å². The van der Waals surface area contributed by atoms with Gasteiger partial charge in [-0.2, -0.15) is 13.2 Å². The van der Waals surface area contributed by atoms with Crippen LogP contribution in [0.2, 0.25) is 0 Å². The molecule has 0 N–H and O–H groups in total. The van der Waals surface area contributed by atoms with E-state index in [4.69, 9.17) is 9.47 Å². The molecular formula is C26H27F3N6O3S. The molecule has 0 saturated heterocycles. The Kier molecular flexibility index (Phi) is 8.09. The molecule has 0 bridgehead atoms. The van der Waals surface area contributed by atoms with Gasteiger partial charge in [0.15, 0.2) is 22.3 Å². The first-order valence-corrected chi connectivity index (χ1v) is 13.0. The summed E-state index contributed by atoms with van der Waals surface area (Å²) in [5.41, 5.74) is 1.38. The number of carbonyl (C=O) groups excluding carboxylic acids is 1. The molecule has 9 nitrogen and oxygen atoms in total. The molecule has 1 aliphatic heterocycles. The van der Waals surface area contributed by atoms with Gasteiger partial charge in [0.1, 0.15) is 5.69 Å². The first kappa shape index (κ1) is 27.9. The molecule has 5 rings (SSSR count). The standard InChI is InChI=1S/C24H21F3N6O3S.C2H6/c1-14(2)36-20-15(5-4-6-17(20)35-3)7-8-16-19(33-11-12-37-23(33)28-16)21(34)31-9-10-32-18(13-31)29-30-22(32)24(25,26)27;1-2/h4-8,11-12H,1,9-10,13H2,2-3H3;1-2H3/b8-7+;. The van der Waals surface area contributed by atoms with Gasteiger partial charge in [-0.15, -0.1) is 21.5 Å². The highest BCUT2D eigenvalue weighted by atomic mass is 32.1. The second-order valence-corrected chi connectivity index (χ2v) is 9.11. The van der Waals surface area contributed by atoms with Crippen molar-refractivity contribution in [2.24, 2.45) is 0 Å². The minimum Gasteiger partial charge on any atom is -0.493 e. The van der Waals surface area contributed by atoms with Gasteiger partial charge in [0.2, 0.25) is 5.82 Å². The molecule has 4 aromatic rings. The van der Waals surface area contributed by atoms with Gasteiger partial charge in [-0.05, 0) is 25.1 Å². The lowest BCUT2D eigenvalue weighted by Crippen LogP contribution is -2.40. The van der Waals surface area contributed by atoms with Crippen LogP contribution in [0.4, 0.5) is 13.2 Å². The number of ether oxygens (including phenoxy) is 2. The zero-order valence-electron chi connectivity index (χ0n) is 21.8. The third-order valence-corrected chi connectivity index (χ3v) is 6.47. The number of hydrogen-bond acceptors (Lipinski definition) is 7. The molecule has 0 unspecified atom stereocenters. The Morgan fingerprint density at radius 1 is 1.18 bits per heavy atom. The lowest BCUT2D eigenvalue weighted by atomic mass is 10.1. The third kappa shape index (κ3) is 5.53. The summed E-state index contributed by atoms with van der Waals surface area (Å²) in [5, 5.41) is 8.76. The van der Waals surface area contributed by atoms with E-state index in [0.717, 1.165) is 4.57 Å². The van der Waals surface area contributed by atoms with E-state index >= 15 is 0 Å². The number of para-hydroxylation sites is 1. The normalized spacial score (nSPS) is 13.3. The van der Waals surface area contributed by atoms with Crippen LogP contribution in [0.25, 0.3) is 17.1 Å². The van der Waals surface area contributed by atoms with Crippen LogP contribution in [-0.2, 0) is 19.3 Å². The highest BCUT2D eigenvalue weighted by molar-refractivity contribution is 7.15. The van der Waals surface area contributed by atoms with E-state index in [-0.39, 0.29) is 31.4 Å². The predicted octanol–water partition coefficient (Wildman–Crippen LogP) is 5.78. The van der Waals surface area contributed by atoms with Gasteiger partial charge in [0.05, 0.1) is 25.1 Å². The van der Waals surface area contributed by atoms with Crippen molar-refractivity contribution in [1.29, 1.82) is 0 Å². The van der Waals surface area contributed by atoms with E-state index in [0.29, 0.717) is 39.2 Å². The molecule has 206 valence electrons. The largest absolute Gasteiger partial charge is 0.493 e. The van der Waals surface area contributed by atoms with Gasteiger partial charge < -0.3 is 18.9 Å². The number of alkyl halides is 3. The molecule has 0 saturated carbocycles. The lowest BCUT2D eigenvalue weighted by molar-refractivity contribution is -0.147. The van der Waals surface area contributed by atoms with Crippen molar-refractivity contribution in [2.75, 3.05) is 13.7 Å². The van der Waals surface area contributed by atoms with Crippen molar-refractivity contribution < 1.29 is 27.4 Å². The minimum atomic E-state index is -4.61. The number of carbonyl (C=O) groups is 1. The zero-order chi connectivity index (χ0) is 28.3. The summed E-state index contributed by atoms with van der Waals surface area (Å²) >= 11 is 1.36. The van der Waals surface area contributed by atoms with Crippen LogP contribution in [0, 0.1) is 0 Å². The quantitative estimate of drug-likeness (QED) is 0.278. The fraction of sp³-hybridized carbons (Fsp3) is 0.308. The maximum absolute atomic E-state index is 13.6. The zero-order valence-corrected chi connectivity index (χ0v) is 22.6. The van der Waals surface area contributed by atoms with E-state index in [1.807, 2.05) is 19.9 Å². The summed E-state index contributed by atoms with van der Waals surface area (Å²) in [4.78, 5) is 20.3. The molecule has 4 heterocycles. The number of thiazole rings is 1. The molecule has 0 spiro atoms. The van der Waals surface area contributed by atoms with Crippen LogP contribution in [0.5, 0.6) is 11.5 Å². The molecule has 1 amide bonds. The van der Waals surface area contributed by atoms with Crippen LogP contribution >= 0.6 is 11.3 Å².